The van der Waals surface area contributed by atoms with Crippen molar-refractivity contribution >= 4 is 23.3 Å². The van der Waals surface area contributed by atoms with Crippen molar-refractivity contribution in [2.75, 3.05) is 7.05 Å². The fraction of sp³-hybridized carbons (Fsp3) is 0.111. The van der Waals surface area contributed by atoms with E-state index in [1.165, 1.54) is 0 Å². The number of hydrogen-bond acceptors (Lipinski definition) is 3. The molecule has 0 atom stereocenters. The number of pyridine rings is 1. The zero-order chi connectivity index (χ0) is 15.8. The van der Waals surface area contributed by atoms with E-state index >= 15 is 0 Å². The summed E-state index contributed by atoms with van der Waals surface area (Å²) in [6, 6.07) is 16.4. The molecule has 1 aromatic carbocycles. The average molecular weight is 502 g/mol. The number of thiophene rings is 1. The summed E-state index contributed by atoms with van der Waals surface area (Å²) in [6.07, 6.45) is 3.64. The molecule has 0 aliphatic heterocycles. The van der Waals surface area contributed by atoms with Crippen LogP contribution in [0.15, 0.2) is 54.0 Å². The maximum Gasteiger partial charge on any atom is 0.0613 e. The maximum atomic E-state index is 10.4. The first kappa shape index (κ1) is 19.3. The van der Waals surface area contributed by atoms with Crippen LogP contribution in [0.4, 0.5) is 5.69 Å². The van der Waals surface area contributed by atoms with Crippen LogP contribution in [0.1, 0.15) is 11.1 Å². The molecule has 0 N–H and O–H groups in total. The summed E-state index contributed by atoms with van der Waals surface area (Å²) < 4.78 is 0. The molecule has 5 heteroatoms. The zero-order valence-electron chi connectivity index (χ0n) is 12.7. The first-order chi connectivity index (χ1) is 10.7. The third kappa shape index (κ3) is 5.74. The van der Waals surface area contributed by atoms with Crippen molar-refractivity contribution in [1.29, 1.82) is 0 Å². The Hall–Kier alpha value is -1.77. The standard InChI is InChI=1S/C9H9NO.C9H6NS.Pt/c1-7-3-4-9(10-2)8(5-7)6-11;1-2-6-10-8(4-1)9-5-3-7-11-9;/h3-5H,1-2H3;1-4,6-7H;/q-2;-1;. The SMILES string of the molecule is C[N-]c1ccc(C)cc1[C-]=O.[Pt].[c-]1ccsc1-c1ccccn1. The average Bonchev–Trinajstić information content (AvgIpc) is 3.11. The number of hydrogen-bond donors (Lipinski definition) is 0. The van der Waals surface area contributed by atoms with Gasteiger partial charge in [-0.05, 0) is 11.8 Å². The van der Waals surface area contributed by atoms with Gasteiger partial charge < -0.3 is 15.1 Å². The quantitative estimate of drug-likeness (QED) is 0.488. The molecule has 0 spiro atoms. The van der Waals surface area contributed by atoms with Crippen molar-refractivity contribution in [2.45, 2.75) is 6.92 Å². The van der Waals surface area contributed by atoms with Gasteiger partial charge in [0.05, 0.1) is 6.29 Å². The molecule has 0 unspecified atom stereocenters. The van der Waals surface area contributed by atoms with Crippen LogP contribution in [0.2, 0.25) is 0 Å². The third-order valence-corrected chi connectivity index (χ3v) is 3.70. The summed E-state index contributed by atoms with van der Waals surface area (Å²) in [6.45, 7) is 1.93. The van der Waals surface area contributed by atoms with E-state index in [1.54, 1.807) is 30.6 Å². The van der Waals surface area contributed by atoms with Gasteiger partial charge >= 0.3 is 0 Å². The second kappa shape index (κ2) is 10.1. The Balaban J connectivity index is 0.000000220. The fourth-order valence-electron chi connectivity index (χ4n) is 1.80. The molecule has 0 radical (unpaired) electrons. The van der Waals surface area contributed by atoms with Gasteiger partial charge in [0.1, 0.15) is 0 Å². The number of carbonyl (C=O) groups excluding carboxylic acids is 1. The van der Waals surface area contributed by atoms with E-state index < -0.39 is 0 Å². The van der Waals surface area contributed by atoms with Gasteiger partial charge in [0, 0.05) is 27.3 Å². The molecule has 0 aliphatic carbocycles. The molecule has 122 valence electrons. The summed E-state index contributed by atoms with van der Waals surface area (Å²) in [4.78, 5) is 15.7. The van der Waals surface area contributed by atoms with Crippen molar-refractivity contribution < 1.29 is 25.9 Å². The van der Waals surface area contributed by atoms with Gasteiger partial charge in [0.2, 0.25) is 0 Å². The van der Waals surface area contributed by atoms with E-state index in [9.17, 15) is 4.79 Å². The largest absolute Gasteiger partial charge is 0.745 e. The first-order valence-corrected chi connectivity index (χ1v) is 7.57. The van der Waals surface area contributed by atoms with E-state index in [4.69, 9.17) is 0 Å². The smallest absolute Gasteiger partial charge is 0.0613 e. The van der Waals surface area contributed by atoms with Gasteiger partial charge in [0.15, 0.2) is 0 Å². The maximum absolute atomic E-state index is 10.4. The zero-order valence-corrected chi connectivity index (χ0v) is 15.8. The molecule has 0 amide bonds. The minimum Gasteiger partial charge on any atom is -0.745 e. The first-order valence-electron chi connectivity index (χ1n) is 6.70. The number of aryl methyl sites for hydroxylation is 1. The van der Waals surface area contributed by atoms with Crippen molar-refractivity contribution in [1.82, 2.24) is 4.98 Å². The second-order valence-electron chi connectivity index (χ2n) is 4.46. The van der Waals surface area contributed by atoms with Gasteiger partial charge in [-0.2, -0.15) is 30.8 Å². The van der Waals surface area contributed by atoms with Gasteiger partial charge in [-0.15, -0.1) is 17.0 Å². The van der Waals surface area contributed by atoms with Crippen molar-refractivity contribution in [3.8, 4) is 10.6 Å². The molecule has 0 aliphatic rings. The van der Waals surface area contributed by atoms with E-state index in [-0.39, 0.29) is 21.1 Å². The van der Waals surface area contributed by atoms with Crippen molar-refractivity contribution in [3.05, 3.63) is 76.6 Å². The summed E-state index contributed by atoms with van der Waals surface area (Å²) >= 11 is 1.66. The molecule has 0 fully saturated rings. The molecule has 2 heterocycles. The fourth-order valence-corrected chi connectivity index (χ4v) is 2.45. The summed E-state index contributed by atoms with van der Waals surface area (Å²) in [5.74, 6) is 0. The number of aromatic nitrogens is 1. The molecule has 3 rings (SSSR count). The minimum atomic E-state index is 0. The summed E-state index contributed by atoms with van der Waals surface area (Å²) in [7, 11) is 1.66. The van der Waals surface area contributed by atoms with Crippen molar-refractivity contribution in [3.63, 3.8) is 0 Å². The van der Waals surface area contributed by atoms with Crippen LogP contribution in [0, 0.1) is 13.0 Å². The summed E-state index contributed by atoms with van der Waals surface area (Å²) in [5.41, 5.74) is 3.29. The Morgan fingerprint density at radius 2 is 2.09 bits per heavy atom. The summed E-state index contributed by atoms with van der Waals surface area (Å²) in [5, 5.41) is 5.92. The monoisotopic (exact) mass is 502 g/mol. The molecule has 2 aromatic heterocycles. The molecular formula is C18H15N2OPtS-3. The van der Waals surface area contributed by atoms with Crippen LogP contribution in [0.25, 0.3) is 15.9 Å². The molecule has 0 bridgehead atoms. The van der Waals surface area contributed by atoms with E-state index in [0.717, 1.165) is 16.1 Å². The predicted octanol–water partition coefficient (Wildman–Crippen LogP) is 4.70. The molecule has 0 saturated carbocycles. The number of benzene rings is 1. The van der Waals surface area contributed by atoms with Crippen molar-refractivity contribution in [2.24, 2.45) is 0 Å². The van der Waals surface area contributed by atoms with Gasteiger partial charge in [0.25, 0.3) is 0 Å². The van der Waals surface area contributed by atoms with E-state index in [2.05, 4.69) is 16.4 Å². The number of rotatable bonds is 3. The minimum absolute atomic E-state index is 0. The predicted molar refractivity (Wildman–Crippen MR) is 91.3 cm³/mol. The molecular weight excluding hydrogens is 487 g/mol. The van der Waals surface area contributed by atoms with Gasteiger partial charge in [-0.25, -0.2) is 11.3 Å². The normalized spacial score (nSPS) is 9.13. The van der Waals surface area contributed by atoms with Crippen LogP contribution in [0.3, 0.4) is 0 Å². The Kier molecular flexibility index (Phi) is 8.45. The Morgan fingerprint density at radius 1 is 1.26 bits per heavy atom. The van der Waals surface area contributed by atoms with Crippen LogP contribution in [-0.2, 0) is 25.9 Å². The van der Waals surface area contributed by atoms with Gasteiger partial charge in [-0.1, -0.05) is 30.0 Å². The Morgan fingerprint density at radius 3 is 2.65 bits per heavy atom. The molecule has 3 nitrogen and oxygen atoms in total. The molecule has 3 aromatic rings. The van der Waals surface area contributed by atoms with Gasteiger partial charge in [-0.3, -0.25) is 5.69 Å². The van der Waals surface area contributed by atoms with Crippen LogP contribution < -0.4 is 0 Å². The van der Waals surface area contributed by atoms with Crippen LogP contribution >= 0.6 is 11.3 Å². The Labute approximate surface area is 155 Å². The molecule has 23 heavy (non-hydrogen) atoms. The third-order valence-electron chi connectivity index (χ3n) is 2.87. The van der Waals surface area contributed by atoms with Crippen LogP contribution in [-0.4, -0.2) is 18.3 Å². The van der Waals surface area contributed by atoms with E-state index in [0.29, 0.717) is 11.3 Å². The molecule has 0 saturated heterocycles. The Bertz CT molecular complexity index is 715. The van der Waals surface area contributed by atoms with E-state index in [1.807, 2.05) is 55.0 Å². The topological polar surface area (TPSA) is 44.1 Å². The number of nitrogens with zero attached hydrogens (tertiary/aromatic N) is 2. The second-order valence-corrected chi connectivity index (χ2v) is 5.37. The van der Waals surface area contributed by atoms with Crippen LogP contribution in [0.5, 0.6) is 0 Å².